The van der Waals surface area contributed by atoms with E-state index in [-0.39, 0.29) is 25.5 Å². The molecule has 14 nitrogen and oxygen atoms in total. The molecular formula is C36H37N9O5. The van der Waals surface area contributed by atoms with Crippen molar-refractivity contribution in [1.29, 1.82) is 0 Å². The molecule has 0 saturated heterocycles. The van der Waals surface area contributed by atoms with Crippen LogP contribution in [0.4, 0.5) is 5.69 Å². The van der Waals surface area contributed by atoms with E-state index in [1.165, 1.54) is 0 Å². The Morgan fingerprint density at radius 2 is 1.68 bits per heavy atom. The number of ether oxygens (including phenoxy) is 3. The lowest BCUT2D eigenvalue weighted by Crippen LogP contribution is -2.54. The number of nitrogens with zero attached hydrogens (tertiary/aromatic N) is 7. The summed E-state index contributed by atoms with van der Waals surface area (Å²) in [7, 11) is 1.61. The number of hydrogen-bond acceptors (Lipinski definition) is 9. The Hall–Kier alpha value is -6.04. The molecule has 0 unspecified atom stereocenters. The molecule has 0 radical (unpaired) electrons. The molecule has 1 aliphatic heterocycles. The van der Waals surface area contributed by atoms with Crippen LogP contribution < -0.4 is 20.3 Å². The maximum atomic E-state index is 14.6. The molecule has 4 aromatic rings. The number of carbonyl (C=O) groups excluding carboxylic acids is 1. The van der Waals surface area contributed by atoms with E-state index in [1.54, 1.807) is 55.6 Å². The van der Waals surface area contributed by atoms with Crippen LogP contribution in [0, 0.1) is 0 Å². The molecule has 5 rings (SSSR count). The maximum absolute atomic E-state index is 14.6. The highest BCUT2D eigenvalue weighted by atomic mass is 16.5. The Kier molecular flexibility index (Phi) is 12.3. The lowest BCUT2D eigenvalue weighted by molar-refractivity contribution is -0.130. The van der Waals surface area contributed by atoms with E-state index in [2.05, 4.69) is 30.9 Å². The number of benzene rings is 4. The molecular weight excluding hydrogens is 638 g/mol. The smallest absolute Gasteiger partial charge is 0.266 e. The fourth-order valence-electron chi connectivity index (χ4n) is 5.65. The molecule has 0 aromatic heterocycles. The number of rotatable bonds is 17. The summed E-state index contributed by atoms with van der Waals surface area (Å²) in [5, 5.41) is 16.8. The van der Waals surface area contributed by atoms with Crippen LogP contribution in [0.2, 0.25) is 0 Å². The van der Waals surface area contributed by atoms with Crippen molar-refractivity contribution in [2.75, 3.05) is 26.9 Å². The number of hydrogen-bond donors (Lipinski definition) is 3. The third-order valence-electron chi connectivity index (χ3n) is 8.18. The van der Waals surface area contributed by atoms with Crippen LogP contribution in [0.25, 0.3) is 20.9 Å². The summed E-state index contributed by atoms with van der Waals surface area (Å²) in [6.07, 6.45) is 0.135. The number of methoxy groups -OCH3 is 1. The van der Waals surface area contributed by atoms with E-state index < -0.39 is 17.6 Å². The first-order valence-corrected chi connectivity index (χ1v) is 16.0. The van der Waals surface area contributed by atoms with Crippen LogP contribution in [0.3, 0.4) is 0 Å². The van der Waals surface area contributed by atoms with Gasteiger partial charge in [-0.25, -0.2) is 10.4 Å². The lowest BCUT2D eigenvalue weighted by atomic mass is 9.80. The minimum atomic E-state index is -1.62. The molecule has 0 spiro atoms. The number of amides is 1. The molecule has 1 amide bonds. The van der Waals surface area contributed by atoms with Crippen LogP contribution in [-0.4, -0.2) is 49.3 Å². The monoisotopic (exact) mass is 675 g/mol. The van der Waals surface area contributed by atoms with Crippen molar-refractivity contribution < 1.29 is 24.1 Å². The molecule has 1 aliphatic rings. The standard InChI is InChI=1S/C36H37N9O5/c1-48-29-15-11-25(12-16-29)19-20-39-43-35(47)36(23-27-7-3-5-10-32(27)42-45-38)33(31-9-4-2-8-28(31)24-40-44-37)50-34(41-36)26-13-17-30(18-14-26)49-22-6-21-46/h2-5,7-18,33,39,46H,6,19-24H2,1H3,(H,43,47)/t33-,36-/m0/s1. The Bertz CT molecular complexity index is 1890. The summed E-state index contributed by atoms with van der Waals surface area (Å²) in [6, 6.07) is 29.0. The Balaban J connectivity index is 1.55. The zero-order valence-electron chi connectivity index (χ0n) is 27.5. The molecule has 1 heterocycles. The minimum Gasteiger partial charge on any atom is -0.497 e. The maximum Gasteiger partial charge on any atom is 0.266 e. The highest BCUT2D eigenvalue weighted by Crippen LogP contribution is 2.44. The molecule has 50 heavy (non-hydrogen) atoms. The van der Waals surface area contributed by atoms with Crippen molar-refractivity contribution in [3.8, 4) is 11.5 Å². The third-order valence-corrected chi connectivity index (χ3v) is 8.18. The fraction of sp³-hybridized carbons (Fsp3) is 0.278. The first-order chi connectivity index (χ1) is 24.5. The van der Waals surface area contributed by atoms with Gasteiger partial charge in [-0.15, -0.1) is 0 Å². The van der Waals surface area contributed by atoms with Crippen LogP contribution in [-0.2, 0) is 28.9 Å². The molecule has 4 aromatic carbocycles. The van der Waals surface area contributed by atoms with Crippen molar-refractivity contribution in [3.63, 3.8) is 0 Å². The number of aliphatic hydroxyl groups is 1. The van der Waals surface area contributed by atoms with E-state index in [9.17, 15) is 10.3 Å². The van der Waals surface area contributed by atoms with Gasteiger partial charge >= 0.3 is 0 Å². The Morgan fingerprint density at radius 3 is 2.40 bits per heavy atom. The van der Waals surface area contributed by atoms with Crippen molar-refractivity contribution in [3.05, 3.63) is 146 Å². The predicted molar refractivity (Wildman–Crippen MR) is 188 cm³/mol. The summed E-state index contributed by atoms with van der Waals surface area (Å²) in [5.41, 5.74) is 26.6. The minimum absolute atomic E-state index is 0.000555. The van der Waals surface area contributed by atoms with Gasteiger partial charge in [0.05, 0.1) is 20.3 Å². The summed E-state index contributed by atoms with van der Waals surface area (Å²) < 4.78 is 17.6. The van der Waals surface area contributed by atoms with E-state index in [0.717, 1.165) is 11.3 Å². The van der Waals surface area contributed by atoms with Gasteiger partial charge in [-0.3, -0.25) is 10.2 Å². The number of hydrazine groups is 1. The van der Waals surface area contributed by atoms with E-state index >= 15 is 0 Å². The topological polar surface area (TPSA) is 199 Å². The molecule has 3 N–H and O–H groups in total. The highest BCUT2D eigenvalue weighted by Gasteiger charge is 2.54. The van der Waals surface area contributed by atoms with Crippen LogP contribution in [0.5, 0.6) is 11.5 Å². The number of aliphatic imine (C=N–C) groups is 1. The Labute approximate surface area is 289 Å². The molecule has 2 atom stereocenters. The lowest BCUT2D eigenvalue weighted by Gasteiger charge is -2.32. The molecule has 0 bridgehead atoms. The first-order valence-electron chi connectivity index (χ1n) is 16.0. The fourth-order valence-corrected chi connectivity index (χ4v) is 5.65. The zero-order chi connectivity index (χ0) is 35.2. The number of nitrogens with one attached hydrogen (secondary N) is 2. The Morgan fingerprint density at radius 1 is 0.960 bits per heavy atom. The first kappa shape index (κ1) is 35.3. The van der Waals surface area contributed by atoms with E-state index in [4.69, 9.17) is 29.8 Å². The zero-order valence-corrected chi connectivity index (χ0v) is 27.5. The second kappa shape index (κ2) is 17.4. The number of aliphatic hydroxyl groups excluding tert-OH is 1. The van der Waals surface area contributed by atoms with Gasteiger partial charge in [0.15, 0.2) is 11.6 Å². The molecule has 0 fully saturated rings. The van der Waals surface area contributed by atoms with Crippen LogP contribution >= 0.6 is 0 Å². The number of carbonyl (C=O) groups is 1. The SMILES string of the molecule is COc1ccc(CCNNC(=O)[C@@]2(Cc3ccccc3N=[N+]=[N-])N=C(c3ccc(OCCCO)cc3)O[C@H]2c2ccccc2CN=[N+]=[N-])cc1. The second-order valence-corrected chi connectivity index (χ2v) is 11.4. The van der Waals surface area contributed by atoms with Gasteiger partial charge in [-0.2, -0.15) is 0 Å². The molecule has 0 saturated carbocycles. The summed E-state index contributed by atoms with van der Waals surface area (Å²) >= 11 is 0. The van der Waals surface area contributed by atoms with Gasteiger partial charge < -0.3 is 19.3 Å². The van der Waals surface area contributed by atoms with Crippen molar-refractivity contribution in [2.45, 2.75) is 37.5 Å². The van der Waals surface area contributed by atoms with Gasteiger partial charge in [-0.1, -0.05) is 70.9 Å². The summed E-state index contributed by atoms with van der Waals surface area (Å²) in [5.74, 6) is 1.09. The van der Waals surface area contributed by atoms with Gasteiger partial charge in [-0.05, 0) is 76.1 Å². The second-order valence-electron chi connectivity index (χ2n) is 11.4. The van der Waals surface area contributed by atoms with Crippen molar-refractivity contribution in [2.24, 2.45) is 15.2 Å². The van der Waals surface area contributed by atoms with Crippen molar-refractivity contribution >= 4 is 17.5 Å². The normalized spacial score (nSPS) is 16.3. The van der Waals surface area contributed by atoms with Gasteiger partial charge in [0.2, 0.25) is 5.90 Å². The van der Waals surface area contributed by atoms with Gasteiger partial charge in [0, 0.05) is 47.1 Å². The van der Waals surface area contributed by atoms with Gasteiger partial charge in [0.1, 0.15) is 11.5 Å². The van der Waals surface area contributed by atoms with Gasteiger partial charge in [0.25, 0.3) is 5.91 Å². The average molecular weight is 676 g/mol. The average Bonchev–Trinajstić information content (AvgIpc) is 3.54. The molecule has 0 aliphatic carbocycles. The van der Waals surface area contributed by atoms with E-state index in [1.807, 2.05) is 48.5 Å². The highest BCUT2D eigenvalue weighted by molar-refractivity contribution is 6.01. The predicted octanol–water partition coefficient (Wildman–Crippen LogP) is 6.57. The third kappa shape index (κ3) is 8.51. The number of azide groups is 2. The van der Waals surface area contributed by atoms with Crippen LogP contribution in [0.1, 0.15) is 40.3 Å². The largest absolute Gasteiger partial charge is 0.497 e. The van der Waals surface area contributed by atoms with E-state index in [0.29, 0.717) is 59.7 Å². The molecule has 256 valence electrons. The van der Waals surface area contributed by atoms with Crippen molar-refractivity contribution in [1.82, 2.24) is 10.9 Å². The summed E-state index contributed by atoms with van der Waals surface area (Å²) in [6.45, 7) is 0.816. The molecule has 14 heteroatoms. The summed E-state index contributed by atoms with van der Waals surface area (Å²) in [4.78, 5) is 25.6. The quantitative estimate of drug-likeness (QED) is 0.0371. The van der Waals surface area contributed by atoms with Crippen LogP contribution in [0.15, 0.2) is 112 Å².